The summed E-state index contributed by atoms with van der Waals surface area (Å²) in [5, 5.41) is 6.32. The highest BCUT2D eigenvalue weighted by Gasteiger charge is 2.50. The van der Waals surface area contributed by atoms with Gasteiger partial charge in [-0.1, -0.05) is 6.92 Å². The van der Waals surface area contributed by atoms with Crippen LogP contribution < -0.4 is 0 Å². The van der Waals surface area contributed by atoms with Crippen LogP contribution in [-0.2, 0) is 9.31 Å². The van der Waals surface area contributed by atoms with Crippen molar-refractivity contribution in [1.82, 2.24) is 5.01 Å². The molecule has 0 amide bonds. The van der Waals surface area contributed by atoms with Crippen LogP contribution in [-0.4, -0.2) is 43.1 Å². The van der Waals surface area contributed by atoms with Gasteiger partial charge in [0.15, 0.2) is 0 Å². The van der Waals surface area contributed by atoms with E-state index >= 15 is 0 Å². The zero-order chi connectivity index (χ0) is 14.0. The Balaban J connectivity index is 2.52. The van der Waals surface area contributed by atoms with Crippen molar-refractivity contribution in [1.29, 1.82) is 0 Å². The molecule has 1 rings (SSSR count). The molecule has 1 heterocycles. The van der Waals surface area contributed by atoms with Gasteiger partial charge in [-0.05, 0) is 46.9 Å². The summed E-state index contributed by atoms with van der Waals surface area (Å²) in [5.41, 5.74) is 0.723. The topological polar surface area (TPSA) is 34.1 Å². The Morgan fingerprint density at radius 3 is 2.00 bits per heavy atom. The molecular formula is C13H27BN2O2. The van der Waals surface area contributed by atoms with Crippen molar-refractivity contribution in [2.45, 2.75) is 65.0 Å². The third kappa shape index (κ3) is 3.72. The first-order valence-corrected chi connectivity index (χ1v) is 6.77. The summed E-state index contributed by atoms with van der Waals surface area (Å²) in [4.78, 5) is 0. The minimum atomic E-state index is -0.233. The maximum absolute atomic E-state index is 5.97. The maximum Gasteiger partial charge on any atom is 0.458 e. The van der Waals surface area contributed by atoms with E-state index in [1.807, 2.05) is 19.1 Å². The monoisotopic (exact) mass is 254 g/mol. The molecule has 0 aromatic heterocycles. The van der Waals surface area contributed by atoms with Gasteiger partial charge in [0, 0.05) is 19.8 Å². The van der Waals surface area contributed by atoms with Gasteiger partial charge in [-0.3, -0.25) is 0 Å². The molecule has 104 valence electrons. The number of nitrogens with zero attached hydrogens (tertiary/aromatic N) is 2. The van der Waals surface area contributed by atoms with Crippen molar-refractivity contribution in [2.75, 3.05) is 14.1 Å². The van der Waals surface area contributed by atoms with Crippen molar-refractivity contribution in [3.8, 4) is 0 Å². The molecule has 0 saturated carbocycles. The molecule has 0 unspecified atom stereocenters. The smallest absolute Gasteiger partial charge is 0.403 e. The zero-order valence-corrected chi connectivity index (χ0v) is 12.9. The van der Waals surface area contributed by atoms with Crippen LogP contribution in [0.5, 0.6) is 0 Å². The van der Waals surface area contributed by atoms with Gasteiger partial charge >= 0.3 is 7.12 Å². The second-order valence-electron chi connectivity index (χ2n) is 6.09. The van der Waals surface area contributed by atoms with Crippen LogP contribution in [0.15, 0.2) is 5.10 Å². The number of hydrogen-bond acceptors (Lipinski definition) is 4. The Labute approximate surface area is 112 Å². The fourth-order valence-electron chi connectivity index (χ4n) is 1.95. The summed E-state index contributed by atoms with van der Waals surface area (Å²) >= 11 is 0. The first kappa shape index (κ1) is 15.5. The van der Waals surface area contributed by atoms with Crippen molar-refractivity contribution in [3.05, 3.63) is 0 Å². The van der Waals surface area contributed by atoms with Crippen LogP contribution in [0.2, 0.25) is 6.32 Å². The minimum Gasteiger partial charge on any atom is -0.403 e. The lowest BCUT2D eigenvalue weighted by molar-refractivity contribution is 0.00578. The summed E-state index contributed by atoms with van der Waals surface area (Å²) in [6, 6.07) is 0. The molecule has 0 aromatic carbocycles. The van der Waals surface area contributed by atoms with Gasteiger partial charge in [-0.25, -0.2) is 0 Å². The Morgan fingerprint density at radius 2 is 1.61 bits per heavy atom. The maximum atomic E-state index is 5.97. The first-order valence-electron chi connectivity index (χ1n) is 6.77. The second-order valence-corrected chi connectivity index (χ2v) is 6.09. The number of hydrogen-bond donors (Lipinski definition) is 0. The Hall–Kier alpha value is -0.545. The number of rotatable bonds is 5. The largest absolute Gasteiger partial charge is 0.458 e. The van der Waals surface area contributed by atoms with E-state index in [4.69, 9.17) is 9.31 Å². The molecule has 1 aliphatic rings. The van der Waals surface area contributed by atoms with E-state index in [9.17, 15) is 0 Å². The van der Waals surface area contributed by atoms with E-state index in [1.54, 1.807) is 0 Å². The molecule has 4 nitrogen and oxygen atoms in total. The van der Waals surface area contributed by atoms with Crippen LogP contribution in [0.3, 0.4) is 0 Å². The molecule has 0 N–H and O–H groups in total. The fourth-order valence-corrected chi connectivity index (χ4v) is 1.95. The molecule has 1 fully saturated rings. The van der Waals surface area contributed by atoms with Crippen molar-refractivity contribution >= 4 is 12.8 Å². The van der Waals surface area contributed by atoms with Crippen molar-refractivity contribution in [3.63, 3.8) is 0 Å². The standard InChI is InChI=1S/C13H27BN2O2/c1-8-11(15-16(6)7)9-10-14-17-12(2,3)13(4,5)18-14/h8-10H2,1-7H3/b15-11+. The van der Waals surface area contributed by atoms with Crippen LogP contribution >= 0.6 is 0 Å². The van der Waals surface area contributed by atoms with E-state index in [0.717, 1.165) is 19.2 Å². The van der Waals surface area contributed by atoms with Crippen LogP contribution in [0.4, 0.5) is 0 Å². The second kappa shape index (κ2) is 5.62. The normalized spacial score (nSPS) is 22.4. The van der Waals surface area contributed by atoms with E-state index in [1.165, 1.54) is 5.71 Å². The summed E-state index contributed by atoms with van der Waals surface area (Å²) in [7, 11) is 3.78. The lowest BCUT2D eigenvalue weighted by atomic mass is 9.82. The third-order valence-electron chi connectivity index (χ3n) is 3.72. The summed E-state index contributed by atoms with van der Waals surface area (Å²) in [5.74, 6) is 0. The van der Waals surface area contributed by atoms with Gasteiger partial charge < -0.3 is 14.3 Å². The average Bonchev–Trinajstić information content (AvgIpc) is 2.42. The predicted molar refractivity (Wildman–Crippen MR) is 76.9 cm³/mol. The van der Waals surface area contributed by atoms with Crippen LogP contribution in [0.1, 0.15) is 47.5 Å². The fraction of sp³-hybridized carbons (Fsp3) is 0.923. The molecule has 0 aliphatic carbocycles. The van der Waals surface area contributed by atoms with E-state index < -0.39 is 0 Å². The van der Waals surface area contributed by atoms with Crippen molar-refractivity contribution < 1.29 is 9.31 Å². The predicted octanol–water partition coefficient (Wildman–Crippen LogP) is 2.80. The molecule has 18 heavy (non-hydrogen) atoms. The lowest BCUT2D eigenvalue weighted by Crippen LogP contribution is -2.41. The number of hydrazone groups is 1. The molecule has 0 aromatic rings. The summed E-state index contributed by atoms with van der Waals surface area (Å²) in [6.45, 7) is 10.5. The third-order valence-corrected chi connectivity index (χ3v) is 3.72. The Bertz CT molecular complexity index is 298. The van der Waals surface area contributed by atoms with E-state index in [0.29, 0.717) is 0 Å². The van der Waals surface area contributed by atoms with E-state index in [-0.39, 0.29) is 18.3 Å². The van der Waals surface area contributed by atoms with Gasteiger partial charge in [0.2, 0.25) is 0 Å². The molecule has 0 atom stereocenters. The van der Waals surface area contributed by atoms with Crippen LogP contribution in [0, 0.1) is 0 Å². The highest BCUT2D eigenvalue weighted by atomic mass is 16.7. The highest BCUT2D eigenvalue weighted by Crippen LogP contribution is 2.37. The molecule has 0 bridgehead atoms. The van der Waals surface area contributed by atoms with Gasteiger partial charge in [-0.2, -0.15) is 5.10 Å². The summed E-state index contributed by atoms with van der Waals surface area (Å²) in [6.07, 6.45) is 2.76. The minimum absolute atomic E-state index is 0.117. The molecule has 0 spiro atoms. The molecule has 1 saturated heterocycles. The van der Waals surface area contributed by atoms with Crippen molar-refractivity contribution in [2.24, 2.45) is 5.10 Å². The van der Waals surface area contributed by atoms with Gasteiger partial charge in [0.25, 0.3) is 0 Å². The molecule has 5 heteroatoms. The Kier molecular flexibility index (Phi) is 4.84. The summed E-state index contributed by atoms with van der Waals surface area (Å²) < 4.78 is 11.9. The van der Waals surface area contributed by atoms with Gasteiger partial charge in [0.05, 0.1) is 11.2 Å². The van der Waals surface area contributed by atoms with Gasteiger partial charge in [-0.15, -0.1) is 0 Å². The molecule has 1 aliphatic heterocycles. The van der Waals surface area contributed by atoms with E-state index in [2.05, 4.69) is 39.7 Å². The molecule has 0 radical (unpaired) electrons. The first-order chi connectivity index (χ1) is 8.18. The average molecular weight is 254 g/mol. The SMILES string of the molecule is CC/C(CCB1OC(C)(C)C(C)(C)O1)=N\N(C)C. The lowest BCUT2D eigenvalue weighted by Gasteiger charge is -2.32. The van der Waals surface area contributed by atoms with Crippen LogP contribution in [0.25, 0.3) is 0 Å². The highest BCUT2D eigenvalue weighted by molar-refractivity contribution is 6.45. The van der Waals surface area contributed by atoms with Gasteiger partial charge in [0.1, 0.15) is 0 Å². The molecular weight excluding hydrogens is 227 g/mol. The Morgan fingerprint density at radius 1 is 1.11 bits per heavy atom. The zero-order valence-electron chi connectivity index (χ0n) is 12.9. The quantitative estimate of drug-likeness (QED) is 0.430.